The van der Waals surface area contributed by atoms with Crippen molar-refractivity contribution < 1.29 is 4.92 Å². The predicted octanol–water partition coefficient (Wildman–Crippen LogP) is 5.30. The molecule has 0 aliphatic rings. The van der Waals surface area contributed by atoms with Crippen molar-refractivity contribution in [2.24, 2.45) is 0 Å². The van der Waals surface area contributed by atoms with Gasteiger partial charge >= 0.3 is 0 Å². The Morgan fingerprint density at radius 2 is 1.29 bits per heavy atom. The molecule has 3 rings (SSSR count). The molecule has 0 N–H and O–H groups in total. The highest BCUT2D eigenvalue weighted by Crippen LogP contribution is 2.35. The number of thiophene rings is 1. The molecule has 0 radical (unpaired) electrons. The number of non-ortho nitro benzene ring substituents is 1. The molecule has 0 fully saturated rings. The van der Waals surface area contributed by atoms with Crippen LogP contribution in [0.25, 0.3) is 20.9 Å². The predicted molar refractivity (Wildman–Crippen MR) is 86.6 cm³/mol. The molecule has 0 spiro atoms. The van der Waals surface area contributed by atoms with Gasteiger partial charge in [-0.25, -0.2) is 0 Å². The number of nitro benzene ring substituents is 1. The van der Waals surface area contributed by atoms with Gasteiger partial charge in [0.2, 0.25) is 0 Å². The third-order valence-electron chi connectivity index (χ3n) is 3.30. The zero-order chi connectivity index (χ0) is 14.8. The molecule has 0 aliphatic heterocycles. The van der Waals surface area contributed by atoms with Gasteiger partial charge in [-0.1, -0.05) is 29.8 Å². The number of hydrogen-bond donors (Lipinski definition) is 0. The van der Waals surface area contributed by atoms with Crippen molar-refractivity contribution >= 4 is 17.0 Å². The molecule has 104 valence electrons. The maximum Gasteiger partial charge on any atom is 0.269 e. The first-order valence-corrected chi connectivity index (χ1v) is 7.37. The van der Waals surface area contributed by atoms with Crippen molar-refractivity contribution in [1.29, 1.82) is 0 Å². The number of nitrogens with zero attached hydrogens (tertiary/aromatic N) is 1. The fourth-order valence-electron chi connectivity index (χ4n) is 2.11. The monoisotopic (exact) mass is 295 g/mol. The minimum absolute atomic E-state index is 0.120. The summed E-state index contributed by atoms with van der Waals surface area (Å²) in [7, 11) is 0. The molecule has 0 amide bonds. The molecular formula is C17H13NO2S. The van der Waals surface area contributed by atoms with Gasteiger partial charge in [0, 0.05) is 21.9 Å². The van der Waals surface area contributed by atoms with Crippen LogP contribution in [0.15, 0.2) is 60.7 Å². The first kappa shape index (κ1) is 13.5. The van der Waals surface area contributed by atoms with Crippen molar-refractivity contribution in [2.45, 2.75) is 6.92 Å². The van der Waals surface area contributed by atoms with Gasteiger partial charge in [0.15, 0.2) is 0 Å². The second-order valence-corrected chi connectivity index (χ2v) is 5.92. The summed E-state index contributed by atoms with van der Waals surface area (Å²) in [5.74, 6) is 0. The summed E-state index contributed by atoms with van der Waals surface area (Å²) in [6, 6.07) is 19.2. The first-order chi connectivity index (χ1) is 10.1. The normalized spacial score (nSPS) is 10.5. The molecule has 0 saturated carbocycles. The van der Waals surface area contributed by atoms with E-state index in [9.17, 15) is 10.1 Å². The Morgan fingerprint density at radius 3 is 1.76 bits per heavy atom. The average Bonchev–Trinajstić information content (AvgIpc) is 2.98. The van der Waals surface area contributed by atoms with Gasteiger partial charge in [0.05, 0.1) is 4.92 Å². The number of aryl methyl sites for hydroxylation is 1. The van der Waals surface area contributed by atoms with Crippen LogP contribution in [0.5, 0.6) is 0 Å². The summed E-state index contributed by atoms with van der Waals surface area (Å²) in [6.45, 7) is 2.07. The Morgan fingerprint density at radius 1 is 0.810 bits per heavy atom. The van der Waals surface area contributed by atoms with Crippen molar-refractivity contribution in [3.8, 4) is 20.9 Å². The van der Waals surface area contributed by atoms with E-state index in [-0.39, 0.29) is 10.6 Å². The first-order valence-electron chi connectivity index (χ1n) is 6.55. The molecule has 21 heavy (non-hydrogen) atoms. The third-order valence-corrected chi connectivity index (χ3v) is 4.49. The van der Waals surface area contributed by atoms with Crippen LogP contribution in [0, 0.1) is 17.0 Å². The standard InChI is InChI=1S/C17H13NO2S/c1-12-2-4-13(5-3-12)16-10-11-17(21-16)14-6-8-15(9-7-14)18(19)20/h2-11H,1H3. The molecule has 3 aromatic rings. The van der Waals surface area contributed by atoms with Crippen LogP contribution in [-0.4, -0.2) is 4.92 Å². The summed E-state index contributed by atoms with van der Waals surface area (Å²) in [6.07, 6.45) is 0. The van der Waals surface area contributed by atoms with Gasteiger partial charge in [-0.2, -0.15) is 0 Å². The van der Waals surface area contributed by atoms with Gasteiger partial charge < -0.3 is 0 Å². The van der Waals surface area contributed by atoms with Crippen LogP contribution in [0.4, 0.5) is 5.69 Å². The van der Waals surface area contributed by atoms with Crippen LogP contribution in [0.2, 0.25) is 0 Å². The molecule has 0 atom stereocenters. The summed E-state index contributed by atoms with van der Waals surface area (Å²) in [5.41, 5.74) is 3.56. The molecule has 0 bridgehead atoms. The number of rotatable bonds is 3. The Bertz CT molecular complexity index is 773. The Hall–Kier alpha value is -2.46. The van der Waals surface area contributed by atoms with Gasteiger partial charge in [0.1, 0.15) is 0 Å². The second kappa shape index (κ2) is 5.50. The highest BCUT2D eigenvalue weighted by molar-refractivity contribution is 7.18. The van der Waals surface area contributed by atoms with Crippen molar-refractivity contribution in [2.75, 3.05) is 0 Å². The van der Waals surface area contributed by atoms with Gasteiger partial charge in [-0.15, -0.1) is 11.3 Å². The lowest BCUT2D eigenvalue weighted by molar-refractivity contribution is -0.384. The lowest BCUT2D eigenvalue weighted by Gasteiger charge is -1.99. The lowest BCUT2D eigenvalue weighted by Crippen LogP contribution is -1.86. The van der Waals surface area contributed by atoms with Crippen LogP contribution in [0.1, 0.15) is 5.56 Å². The fraction of sp³-hybridized carbons (Fsp3) is 0.0588. The van der Waals surface area contributed by atoms with Gasteiger partial charge in [0.25, 0.3) is 5.69 Å². The third kappa shape index (κ3) is 2.85. The molecule has 0 unspecified atom stereocenters. The summed E-state index contributed by atoms with van der Waals surface area (Å²) in [5, 5.41) is 10.7. The highest BCUT2D eigenvalue weighted by Gasteiger charge is 2.08. The van der Waals surface area contributed by atoms with E-state index in [1.807, 2.05) is 0 Å². The maximum atomic E-state index is 10.7. The summed E-state index contributed by atoms with van der Waals surface area (Å²) >= 11 is 1.69. The quantitative estimate of drug-likeness (QED) is 0.486. The Balaban J connectivity index is 1.90. The van der Waals surface area contributed by atoms with E-state index in [1.165, 1.54) is 16.0 Å². The van der Waals surface area contributed by atoms with Crippen molar-refractivity contribution in [3.05, 3.63) is 76.3 Å². The van der Waals surface area contributed by atoms with E-state index in [2.05, 4.69) is 43.3 Å². The molecule has 2 aromatic carbocycles. The Kier molecular flexibility index (Phi) is 3.54. The second-order valence-electron chi connectivity index (χ2n) is 4.83. The van der Waals surface area contributed by atoms with E-state index < -0.39 is 0 Å². The molecule has 1 aromatic heterocycles. The molecule has 3 nitrogen and oxygen atoms in total. The molecule has 4 heteroatoms. The van der Waals surface area contributed by atoms with Gasteiger partial charge in [-0.3, -0.25) is 10.1 Å². The van der Waals surface area contributed by atoms with Crippen LogP contribution in [-0.2, 0) is 0 Å². The fourth-order valence-corrected chi connectivity index (χ4v) is 3.13. The molecule has 1 heterocycles. The van der Waals surface area contributed by atoms with E-state index in [0.29, 0.717) is 0 Å². The van der Waals surface area contributed by atoms with E-state index in [1.54, 1.807) is 35.6 Å². The zero-order valence-electron chi connectivity index (χ0n) is 11.4. The van der Waals surface area contributed by atoms with Crippen molar-refractivity contribution in [1.82, 2.24) is 0 Å². The van der Waals surface area contributed by atoms with E-state index in [4.69, 9.17) is 0 Å². The number of benzene rings is 2. The highest BCUT2D eigenvalue weighted by atomic mass is 32.1. The number of nitro groups is 1. The molecular weight excluding hydrogens is 282 g/mol. The van der Waals surface area contributed by atoms with E-state index >= 15 is 0 Å². The SMILES string of the molecule is Cc1ccc(-c2ccc(-c3ccc([N+](=O)[O-])cc3)s2)cc1. The van der Waals surface area contributed by atoms with Crippen LogP contribution < -0.4 is 0 Å². The van der Waals surface area contributed by atoms with Crippen LogP contribution in [0.3, 0.4) is 0 Å². The van der Waals surface area contributed by atoms with Crippen LogP contribution >= 0.6 is 11.3 Å². The minimum Gasteiger partial charge on any atom is -0.258 e. The minimum atomic E-state index is -0.379. The topological polar surface area (TPSA) is 43.1 Å². The van der Waals surface area contributed by atoms with E-state index in [0.717, 1.165) is 10.4 Å². The summed E-state index contributed by atoms with van der Waals surface area (Å²) < 4.78 is 0. The summed E-state index contributed by atoms with van der Waals surface area (Å²) in [4.78, 5) is 12.6. The van der Waals surface area contributed by atoms with Crippen molar-refractivity contribution in [3.63, 3.8) is 0 Å². The molecule has 0 saturated heterocycles. The largest absolute Gasteiger partial charge is 0.269 e. The lowest BCUT2D eigenvalue weighted by atomic mass is 10.1. The molecule has 0 aliphatic carbocycles. The zero-order valence-corrected chi connectivity index (χ0v) is 12.3. The smallest absolute Gasteiger partial charge is 0.258 e. The average molecular weight is 295 g/mol. The maximum absolute atomic E-state index is 10.7. The number of hydrogen-bond acceptors (Lipinski definition) is 3. The Labute approximate surface area is 126 Å². The van der Waals surface area contributed by atoms with Gasteiger partial charge in [-0.05, 0) is 42.3 Å².